The third-order valence-electron chi connectivity index (χ3n) is 9.85. The van der Waals surface area contributed by atoms with Gasteiger partial charge in [-0.3, -0.25) is 4.79 Å². The summed E-state index contributed by atoms with van der Waals surface area (Å²) in [6.07, 6.45) is 12.4. The molecule has 5 heteroatoms. The standard InChI is InChI=1S/C26H38N2O2S/c1-4-5-14-27-23-28-22(16-31-23)26(30)13-10-21-19-7-6-17-15-18(29)8-11-24(17,2)20(19)9-12-25(21,26)3/h15-16,19-21,30H,4-14H2,1-3H3,(H,27,28)/t19-,20+,21+,24+,25+,26+/m1/s1. The zero-order valence-corrected chi connectivity index (χ0v) is 20.2. The lowest BCUT2D eigenvalue weighted by molar-refractivity contribution is -0.135. The Labute approximate surface area is 190 Å². The van der Waals surface area contributed by atoms with Crippen LogP contribution >= 0.6 is 11.3 Å². The molecule has 0 aliphatic heterocycles. The second-order valence-electron chi connectivity index (χ2n) is 11.1. The lowest BCUT2D eigenvalue weighted by Gasteiger charge is -2.59. The lowest BCUT2D eigenvalue weighted by atomic mass is 9.46. The minimum Gasteiger partial charge on any atom is -0.383 e. The van der Waals surface area contributed by atoms with Crippen molar-refractivity contribution in [3.63, 3.8) is 0 Å². The van der Waals surface area contributed by atoms with E-state index in [-0.39, 0.29) is 10.8 Å². The number of fused-ring (bicyclic) bond motifs is 5. The van der Waals surface area contributed by atoms with Crippen molar-refractivity contribution in [3.8, 4) is 0 Å². The molecule has 0 bridgehead atoms. The van der Waals surface area contributed by atoms with E-state index in [4.69, 9.17) is 4.98 Å². The predicted molar refractivity (Wildman–Crippen MR) is 126 cm³/mol. The number of nitrogens with zero attached hydrogens (tertiary/aromatic N) is 1. The molecule has 2 N–H and O–H groups in total. The van der Waals surface area contributed by atoms with E-state index < -0.39 is 5.60 Å². The molecule has 1 heterocycles. The largest absolute Gasteiger partial charge is 0.383 e. The summed E-state index contributed by atoms with van der Waals surface area (Å²) in [6.45, 7) is 7.93. The quantitative estimate of drug-likeness (QED) is 0.543. The van der Waals surface area contributed by atoms with Crippen LogP contribution in [0.3, 0.4) is 0 Å². The van der Waals surface area contributed by atoms with Gasteiger partial charge in [0, 0.05) is 23.8 Å². The number of anilines is 1. The van der Waals surface area contributed by atoms with Crippen LogP contribution in [0.1, 0.15) is 90.7 Å². The van der Waals surface area contributed by atoms with Gasteiger partial charge >= 0.3 is 0 Å². The summed E-state index contributed by atoms with van der Waals surface area (Å²) in [5.74, 6) is 2.19. The molecule has 1 aromatic rings. The van der Waals surface area contributed by atoms with Gasteiger partial charge in [0.2, 0.25) is 0 Å². The lowest BCUT2D eigenvalue weighted by Crippen LogP contribution is -2.53. The number of allylic oxidation sites excluding steroid dienone is 1. The number of nitrogens with one attached hydrogen (secondary N) is 1. The Morgan fingerprint density at radius 1 is 1.16 bits per heavy atom. The van der Waals surface area contributed by atoms with Crippen LogP contribution in [0.2, 0.25) is 0 Å². The number of rotatable bonds is 5. The molecular formula is C26H38N2O2S. The molecule has 0 saturated heterocycles. The highest BCUT2D eigenvalue weighted by Crippen LogP contribution is 2.69. The van der Waals surface area contributed by atoms with Gasteiger partial charge < -0.3 is 10.4 Å². The van der Waals surface area contributed by atoms with E-state index in [1.165, 1.54) is 18.4 Å². The normalized spacial score (nSPS) is 41.9. The fourth-order valence-corrected chi connectivity index (χ4v) is 8.72. The van der Waals surface area contributed by atoms with Gasteiger partial charge in [-0.1, -0.05) is 32.8 Å². The van der Waals surface area contributed by atoms with Crippen LogP contribution in [0.4, 0.5) is 5.13 Å². The third-order valence-corrected chi connectivity index (χ3v) is 10.6. The first-order chi connectivity index (χ1) is 14.8. The number of unbranched alkanes of at least 4 members (excludes halogenated alkanes) is 1. The van der Waals surface area contributed by atoms with Gasteiger partial charge in [-0.15, -0.1) is 11.3 Å². The summed E-state index contributed by atoms with van der Waals surface area (Å²) in [5, 5.41) is 18.6. The van der Waals surface area contributed by atoms with Gasteiger partial charge in [-0.05, 0) is 80.6 Å². The molecule has 170 valence electrons. The van der Waals surface area contributed by atoms with Crippen molar-refractivity contribution < 1.29 is 9.90 Å². The summed E-state index contributed by atoms with van der Waals surface area (Å²) < 4.78 is 0. The van der Waals surface area contributed by atoms with Crippen LogP contribution in [0.25, 0.3) is 0 Å². The summed E-state index contributed by atoms with van der Waals surface area (Å²) in [4.78, 5) is 16.9. The van der Waals surface area contributed by atoms with Crippen LogP contribution in [-0.4, -0.2) is 22.4 Å². The first kappa shape index (κ1) is 21.6. The van der Waals surface area contributed by atoms with Crippen LogP contribution in [0.15, 0.2) is 17.0 Å². The average Bonchev–Trinajstić information content (AvgIpc) is 3.32. The number of aliphatic hydroxyl groups is 1. The Bertz CT molecular complexity index is 894. The van der Waals surface area contributed by atoms with E-state index in [2.05, 4.69) is 31.5 Å². The van der Waals surface area contributed by atoms with E-state index in [0.717, 1.165) is 62.3 Å². The van der Waals surface area contributed by atoms with Crippen LogP contribution < -0.4 is 5.32 Å². The number of carbonyl (C=O) groups excluding carboxylic acids is 1. The zero-order valence-electron chi connectivity index (χ0n) is 19.4. The molecule has 0 unspecified atom stereocenters. The monoisotopic (exact) mass is 442 g/mol. The van der Waals surface area contributed by atoms with Gasteiger partial charge in [-0.2, -0.15) is 0 Å². The number of carbonyl (C=O) groups is 1. The minimum atomic E-state index is -0.816. The van der Waals surface area contributed by atoms with Crippen LogP contribution in [-0.2, 0) is 10.4 Å². The van der Waals surface area contributed by atoms with Gasteiger partial charge in [0.15, 0.2) is 10.9 Å². The highest BCUT2D eigenvalue weighted by atomic mass is 32.1. The van der Waals surface area contributed by atoms with Crippen molar-refractivity contribution in [2.24, 2.45) is 28.6 Å². The Morgan fingerprint density at radius 3 is 2.77 bits per heavy atom. The number of aromatic nitrogens is 1. The summed E-state index contributed by atoms with van der Waals surface area (Å²) >= 11 is 1.64. The fourth-order valence-electron chi connectivity index (χ4n) is 7.91. The molecule has 4 nitrogen and oxygen atoms in total. The molecule has 6 atom stereocenters. The predicted octanol–water partition coefficient (Wildman–Crippen LogP) is 6.07. The van der Waals surface area contributed by atoms with Gasteiger partial charge in [0.25, 0.3) is 0 Å². The third kappa shape index (κ3) is 3.17. The number of thiazole rings is 1. The Kier molecular flexibility index (Phi) is 5.37. The molecule has 0 aromatic carbocycles. The first-order valence-electron chi connectivity index (χ1n) is 12.5. The molecule has 3 fully saturated rings. The number of hydrogen-bond donors (Lipinski definition) is 2. The molecule has 4 aliphatic rings. The van der Waals surface area contributed by atoms with E-state index >= 15 is 0 Å². The average molecular weight is 443 g/mol. The van der Waals surface area contributed by atoms with Crippen LogP contribution in [0, 0.1) is 28.6 Å². The van der Waals surface area contributed by atoms with Crippen LogP contribution in [0.5, 0.6) is 0 Å². The molecule has 5 rings (SSSR count). The van der Waals surface area contributed by atoms with Crippen molar-refractivity contribution in [1.29, 1.82) is 0 Å². The van der Waals surface area contributed by atoms with Gasteiger partial charge in [-0.25, -0.2) is 4.98 Å². The molecule has 0 spiro atoms. The highest BCUT2D eigenvalue weighted by molar-refractivity contribution is 7.13. The van der Waals surface area contributed by atoms with Gasteiger partial charge in [0.05, 0.1) is 5.69 Å². The molecule has 3 saturated carbocycles. The SMILES string of the molecule is CCCCNc1nc([C@@]2(O)CC[C@H]3[C@@H]4CCC5=CC(=O)CC[C@]5(C)[C@H]4CC[C@@]32C)cs1. The Hall–Kier alpha value is -1.20. The van der Waals surface area contributed by atoms with Crippen molar-refractivity contribution in [1.82, 2.24) is 4.98 Å². The maximum Gasteiger partial charge on any atom is 0.182 e. The smallest absolute Gasteiger partial charge is 0.182 e. The number of ketones is 1. The molecule has 0 radical (unpaired) electrons. The van der Waals surface area contributed by atoms with Crippen molar-refractivity contribution in [2.75, 3.05) is 11.9 Å². The molecular weight excluding hydrogens is 404 g/mol. The van der Waals surface area contributed by atoms with Crippen molar-refractivity contribution >= 4 is 22.3 Å². The maximum absolute atomic E-state index is 12.1. The molecule has 31 heavy (non-hydrogen) atoms. The Morgan fingerprint density at radius 2 is 1.97 bits per heavy atom. The summed E-state index contributed by atoms with van der Waals surface area (Å²) in [6, 6.07) is 0. The minimum absolute atomic E-state index is 0.106. The second kappa shape index (κ2) is 7.69. The molecule has 0 amide bonds. The van der Waals surface area contributed by atoms with E-state index in [1.54, 1.807) is 11.3 Å². The van der Waals surface area contributed by atoms with E-state index in [1.807, 2.05) is 6.08 Å². The number of hydrogen-bond acceptors (Lipinski definition) is 5. The maximum atomic E-state index is 12.1. The molecule has 4 aliphatic carbocycles. The topological polar surface area (TPSA) is 62.2 Å². The molecule has 1 aromatic heterocycles. The summed E-state index contributed by atoms with van der Waals surface area (Å²) in [7, 11) is 0. The van der Waals surface area contributed by atoms with Crippen molar-refractivity contribution in [2.45, 2.75) is 90.6 Å². The first-order valence-corrected chi connectivity index (χ1v) is 13.4. The Balaban J connectivity index is 1.40. The van der Waals surface area contributed by atoms with Gasteiger partial charge in [0.1, 0.15) is 5.60 Å². The fraction of sp³-hybridized carbons (Fsp3) is 0.769. The zero-order chi connectivity index (χ0) is 21.9. The van der Waals surface area contributed by atoms with E-state index in [9.17, 15) is 9.90 Å². The second-order valence-corrected chi connectivity index (χ2v) is 12.0. The highest BCUT2D eigenvalue weighted by Gasteiger charge is 2.65. The van der Waals surface area contributed by atoms with Crippen molar-refractivity contribution in [3.05, 3.63) is 22.7 Å². The summed E-state index contributed by atoms with van der Waals surface area (Å²) in [5.41, 5.74) is 1.58. The van der Waals surface area contributed by atoms with E-state index in [0.29, 0.717) is 30.0 Å².